The Hall–Kier alpha value is -1.64. The topological polar surface area (TPSA) is 83.5 Å². The van der Waals surface area contributed by atoms with Crippen LogP contribution >= 0.6 is 22.9 Å². The van der Waals surface area contributed by atoms with Crippen molar-refractivity contribution in [1.29, 1.82) is 0 Å². The van der Waals surface area contributed by atoms with Gasteiger partial charge in [0.1, 0.15) is 15.6 Å². The Bertz CT molecular complexity index is 817. The minimum Gasteiger partial charge on any atom is -0.478 e. The number of halogens is 2. The normalized spacial score (nSPS) is 11.4. The van der Waals surface area contributed by atoms with Gasteiger partial charge in [0.15, 0.2) is 0 Å². The molecule has 0 radical (unpaired) electrons. The highest BCUT2D eigenvalue weighted by atomic mass is 35.5. The number of nitrogens with one attached hydrogen (secondary N) is 1. The first-order chi connectivity index (χ1) is 9.72. The summed E-state index contributed by atoms with van der Waals surface area (Å²) in [6, 6.07) is 5.17. The van der Waals surface area contributed by atoms with Crippen molar-refractivity contribution in [1.82, 2.24) is 0 Å². The highest BCUT2D eigenvalue weighted by Crippen LogP contribution is 2.29. The highest BCUT2D eigenvalue weighted by molar-refractivity contribution is 7.94. The van der Waals surface area contributed by atoms with E-state index >= 15 is 0 Å². The molecule has 0 bridgehead atoms. The van der Waals surface area contributed by atoms with E-state index in [0.29, 0.717) is 0 Å². The minimum atomic E-state index is -4.02. The predicted octanol–water partition coefficient (Wildman–Crippen LogP) is 3.35. The van der Waals surface area contributed by atoms with Crippen LogP contribution in [0.3, 0.4) is 0 Å². The third-order valence-electron chi connectivity index (χ3n) is 2.61. The van der Waals surface area contributed by atoms with Crippen LogP contribution in [0.2, 0.25) is 4.34 Å². The lowest BCUT2D eigenvalue weighted by molar-refractivity contribution is 0.0693. The van der Waals surface area contributed by atoms with Crippen LogP contribution in [0.15, 0.2) is 28.5 Å². The molecule has 0 saturated heterocycles. The fourth-order valence-corrected chi connectivity index (χ4v) is 4.17. The predicted molar refractivity (Wildman–Crippen MR) is 78.2 cm³/mol. The van der Waals surface area contributed by atoms with Crippen LogP contribution in [0.25, 0.3) is 0 Å². The van der Waals surface area contributed by atoms with E-state index in [9.17, 15) is 17.6 Å². The highest BCUT2D eigenvalue weighted by Gasteiger charge is 2.23. The van der Waals surface area contributed by atoms with Crippen molar-refractivity contribution in [3.8, 4) is 0 Å². The van der Waals surface area contributed by atoms with Crippen LogP contribution < -0.4 is 4.72 Å². The molecule has 2 N–H and O–H groups in total. The van der Waals surface area contributed by atoms with Gasteiger partial charge >= 0.3 is 5.97 Å². The van der Waals surface area contributed by atoms with Gasteiger partial charge in [-0.25, -0.2) is 17.6 Å². The number of hydrogen-bond donors (Lipinski definition) is 2. The summed E-state index contributed by atoms with van der Waals surface area (Å²) in [6.45, 7) is 1.39. The van der Waals surface area contributed by atoms with E-state index < -0.39 is 27.4 Å². The zero-order valence-corrected chi connectivity index (χ0v) is 12.9. The summed E-state index contributed by atoms with van der Waals surface area (Å²) >= 11 is 6.48. The summed E-state index contributed by atoms with van der Waals surface area (Å²) in [7, 11) is -4.02. The quantitative estimate of drug-likeness (QED) is 0.886. The Kier molecular flexibility index (Phi) is 4.22. The Morgan fingerprint density at radius 3 is 2.52 bits per heavy atom. The van der Waals surface area contributed by atoms with Crippen LogP contribution in [0.1, 0.15) is 15.9 Å². The monoisotopic (exact) mass is 349 g/mol. The Morgan fingerprint density at radius 2 is 2.00 bits per heavy atom. The Morgan fingerprint density at radius 1 is 1.33 bits per heavy atom. The first-order valence-electron chi connectivity index (χ1n) is 5.53. The van der Waals surface area contributed by atoms with Crippen LogP contribution in [0, 0.1) is 12.7 Å². The summed E-state index contributed by atoms with van der Waals surface area (Å²) in [4.78, 5) is 11.1. The summed E-state index contributed by atoms with van der Waals surface area (Å²) in [5.41, 5.74) is -0.953. The zero-order valence-electron chi connectivity index (χ0n) is 10.6. The molecule has 112 valence electrons. The fraction of sp³-hybridized carbons (Fsp3) is 0.0833. The smallest absolute Gasteiger partial charge is 0.340 e. The third kappa shape index (κ3) is 3.17. The maximum Gasteiger partial charge on any atom is 0.340 e. The average Bonchev–Trinajstić information content (AvgIpc) is 2.81. The molecule has 1 aromatic heterocycles. The van der Waals surface area contributed by atoms with Gasteiger partial charge in [0, 0.05) is 0 Å². The molecular weight excluding hydrogens is 341 g/mol. The maximum atomic E-state index is 13.9. The van der Waals surface area contributed by atoms with Gasteiger partial charge < -0.3 is 5.11 Å². The zero-order chi connectivity index (χ0) is 15.8. The number of hydrogen-bond acceptors (Lipinski definition) is 4. The Balaban J connectivity index is 2.49. The number of rotatable bonds is 4. The molecule has 21 heavy (non-hydrogen) atoms. The van der Waals surface area contributed by atoms with E-state index in [1.54, 1.807) is 0 Å². The number of carboxylic acids is 1. The number of sulfonamides is 1. The molecule has 0 aliphatic rings. The number of benzene rings is 1. The molecule has 5 nitrogen and oxygen atoms in total. The number of aromatic carboxylic acids is 1. The fourth-order valence-electron chi connectivity index (χ4n) is 1.61. The molecule has 0 fully saturated rings. The molecule has 9 heteroatoms. The molecular formula is C12H9ClFNO4S2. The number of aryl methyl sites for hydroxylation is 1. The summed E-state index contributed by atoms with van der Waals surface area (Å²) in [6.07, 6.45) is 0. The number of carbonyl (C=O) groups is 1. The van der Waals surface area contributed by atoms with Gasteiger partial charge in [-0.3, -0.25) is 4.72 Å². The van der Waals surface area contributed by atoms with E-state index in [1.165, 1.54) is 31.2 Å². The average molecular weight is 350 g/mol. The second kappa shape index (κ2) is 5.63. The van der Waals surface area contributed by atoms with Gasteiger partial charge in [0.05, 0.1) is 10.0 Å². The van der Waals surface area contributed by atoms with Crippen molar-refractivity contribution >= 4 is 44.6 Å². The van der Waals surface area contributed by atoms with Crippen molar-refractivity contribution < 1.29 is 22.7 Å². The maximum absolute atomic E-state index is 13.9. The molecule has 0 unspecified atom stereocenters. The number of anilines is 1. The molecule has 0 atom stereocenters. The number of carboxylic acid groups (broad SMARTS) is 1. The lowest BCUT2D eigenvalue weighted by Gasteiger charge is -2.11. The SMILES string of the molecule is Cc1ccc(NS(=O)(=O)c2ccc(Cl)s2)c(C(=O)O)c1F. The van der Waals surface area contributed by atoms with Crippen LogP contribution in [0.5, 0.6) is 0 Å². The summed E-state index contributed by atoms with van der Waals surface area (Å²) in [5, 5.41) is 9.05. The van der Waals surface area contributed by atoms with Crippen molar-refractivity contribution in [2.45, 2.75) is 11.1 Å². The van der Waals surface area contributed by atoms with Crippen LogP contribution in [0.4, 0.5) is 10.1 Å². The minimum absolute atomic E-state index is 0.0928. The van der Waals surface area contributed by atoms with E-state index in [-0.39, 0.29) is 19.8 Å². The summed E-state index contributed by atoms with van der Waals surface area (Å²) in [5.74, 6) is -2.54. The second-order valence-corrected chi connectivity index (χ2v) is 7.71. The molecule has 0 aliphatic heterocycles. The van der Waals surface area contributed by atoms with Gasteiger partial charge in [-0.15, -0.1) is 11.3 Å². The standard InChI is InChI=1S/C12H9ClFNO4S2/c1-6-2-3-7(10(11(6)14)12(16)17)15-21(18,19)9-5-4-8(13)20-9/h2-5,15H,1H3,(H,16,17). The molecule has 0 saturated carbocycles. The third-order valence-corrected chi connectivity index (χ3v) is 5.70. The molecule has 2 rings (SSSR count). The van der Waals surface area contributed by atoms with Crippen molar-refractivity contribution in [3.05, 3.63) is 45.5 Å². The van der Waals surface area contributed by atoms with Crippen LogP contribution in [-0.4, -0.2) is 19.5 Å². The molecule has 1 aromatic carbocycles. The lowest BCUT2D eigenvalue weighted by atomic mass is 10.1. The number of thiophene rings is 1. The first-order valence-corrected chi connectivity index (χ1v) is 8.20. The van der Waals surface area contributed by atoms with Crippen molar-refractivity contribution in [2.24, 2.45) is 0 Å². The van der Waals surface area contributed by atoms with E-state index in [0.717, 1.165) is 11.3 Å². The van der Waals surface area contributed by atoms with Crippen molar-refractivity contribution in [3.63, 3.8) is 0 Å². The van der Waals surface area contributed by atoms with Gasteiger partial charge in [-0.2, -0.15) is 0 Å². The molecule has 2 aromatic rings. The molecule has 0 aliphatic carbocycles. The van der Waals surface area contributed by atoms with E-state index in [1.807, 2.05) is 0 Å². The van der Waals surface area contributed by atoms with E-state index in [4.69, 9.17) is 16.7 Å². The van der Waals surface area contributed by atoms with E-state index in [2.05, 4.69) is 4.72 Å². The largest absolute Gasteiger partial charge is 0.478 e. The lowest BCUT2D eigenvalue weighted by Crippen LogP contribution is -2.16. The second-order valence-electron chi connectivity index (χ2n) is 4.09. The van der Waals surface area contributed by atoms with Gasteiger partial charge in [-0.1, -0.05) is 17.7 Å². The Labute approximate surface area is 129 Å². The molecule has 0 spiro atoms. The van der Waals surface area contributed by atoms with Gasteiger partial charge in [0.2, 0.25) is 0 Å². The summed E-state index contributed by atoms with van der Waals surface area (Å²) < 4.78 is 40.3. The first kappa shape index (κ1) is 15.7. The van der Waals surface area contributed by atoms with Gasteiger partial charge in [0.25, 0.3) is 10.0 Å². The van der Waals surface area contributed by atoms with Crippen molar-refractivity contribution in [2.75, 3.05) is 4.72 Å². The molecule has 0 amide bonds. The van der Waals surface area contributed by atoms with Crippen LogP contribution in [-0.2, 0) is 10.0 Å². The molecule has 1 heterocycles. The van der Waals surface area contributed by atoms with Gasteiger partial charge in [-0.05, 0) is 30.7 Å².